The standard InChI is InChI=1S/C6H15BO/c1-3-4-6(2)5-8-7/h6H,3-5,7H2,1-2H3. The summed E-state index contributed by atoms with van der Waals surface area (Å²) in [6, 6.07) is 0. The van der Waals surface area contributed by atoms with Crippen molar-refractivity contribution in [3.8, 4) is 0 Å². The molecule has 1 atom stereocenters. The fraction of sp³-hybridized carbons (Fsp3) is 1.00. The van der Waals surface area contributed by atoms with Crippen molar-refractivity contribution in [3.05, 3.63) is 0 Å². The highest BCUT2D eigenvalue weighted by Gasteiger charge is 1.96. The molecule has 0 aliphatic carbocycles. The third-order valence-electron chi connectivity index (χ3n) is 1.23. The summed E-state index contributed by atoms with van der Waals surface area (Å²) in [5, 5.41) is 0. The fourth-order valence-corrected chi connectivity index (χ4v) is 0.861. The van der Waals surface area contributed by atoms with Gasteiger partial charge in [0.2, 0.25) is 0 Å². The maximum absolute atomic E-state index is 4.96. The average molecular weight is 114 g/mol. The molecule has 0 aromatic heterocycles. The lowest BCUT2D eigenvalue weighted by Gasteiger charge is -2.06. The van der Waals surface area contributed by atoms with E-state index in [1.54, 1.807) is 8.05 Å². The van der Waals surface area contributed by atoms with E-state index in [2.05, 4.69) is 13.8 Å². The van der Waals surface area contributed by atoms with Crippen LogP contribution in [-0.2, 0) is 4.65 Å². The molecule has 48 valence electrons. The topological polar surface area (TPSA) is 9.23 Å². The molecule has 0 saturated heterocycles. The molecule has 0 rings (SSSR count). The summed E-state index contributed by atoms with van der Waals surface area (Å²) in [5.74, 6) is 0.741. The molecule has 0 radical (unpaired) electrons. The zero-order valence-electron chi connectivity index (χ0n) is 6.11. The summed E-state index contributed by atoms with van der Waals surface area (Å²) in [4.78, 5) is 0. The van der Waals surface area contributed by atoms with Crippen molar-refractivity contribution in [2.75, 3.05) is 6.61 Å². The van der Waals surface area contributed by atoms with E-state index in [1.165, 1.54) is 12.8 Å². The van der Waals surface area contributed by atoms with Gasteiger partial charge >= 0.3 is 0 Å². The molecule has 1 nitrogen and oxygen atoms in total. The van der Waals surface area contributed by atoms with Crippen LogP contribution in [0.1, 0.15) is 26.7 Å². The van der Waals surface area contributed by atoms with Crippen molar-refractivity contribution in [3.63, 3.8) is 0 Å². The zero-order valence-corrected chi connectivity index (χ0v) is 6.11. The van der Waals surface area contributed by atoms with E-state index < -0.39 is 0 Å². The SMILES string of the molecule is BOCC(C)CCC. The average Bonchev–Trinajstić information content (AvgIpc) is 1.68. The Balaban J connectivity index is 2.92. The highest BCUT2D eigenvalue weighted by Crippen LogP contribution is 2.03. The summed E-state index contributed by atoms with van der Waals surface area (Å²) < 4.78 is 4.96. The quantitative estimate of drug-likeness (QED) is 0.495. The first-order chi connectivity index (χ1) is 3.81. The number of rotatable bonds is 4. The van der Waals surface area contributed by atoms with Gasteiger partial charge in [0.05, 0.1) is 0 Å². The molecule has 0 aromatic rings. The molecule has 0 amide bonds. The molecule has 0 N–H and O–H groups in total. The minimum atomic E-state index is 0.741. The maximum Gasteiger partial charge on any atom is 0.257 e. The highest BCUT2D eigenvalue weighted by atomic mass is 16.4. The molecule has 0 bridgehead atoms. The lowest BCUT2D eigenvalue weighted by molar-refractivity contribution is 0.272. The Hall–Kier alpha value is 0.0249. The largest absolute Gasteiger partial charge is 0.444 e. The van der Waals surface area contributed by atoms with Gasteiger partial charge < -0.3 is 4.65 Å². The van der Waals surface area contributed by atoms with Gasteiger partial charge in [-0.15, -0.1) is 0 Å². The number of hydrogen-bond donors (Lipinski definition) is 0. The van der Waals surface area contributed by atoms with Crippen LogP contribution < -0.4 is 0 Å². The first-order valence-electron chi connectivity index (χ1n) is 3.30. The van der Waals surface area contributed by atoms with Crippen molar-refractivity contribution in [2.45, 2.75) is 26.7 Å². The normalized spacial score (nSPS) is 13.8. The van der Waals surface area contributed by atoms with Crippen LogP contribution in [-0.4, -0.2) is 14.7 Å². The van der Waals surface area contributed by atoms with Gasteiger partial charge in [-0.05, 0) is 12.3 Å². The zero-order chi connectivity index (χ0) is 6.41. The summed E-state index contributed by atoms with van der Waals surface area (Å²) >= 11 is 0. The van der Waals surface area contributed by atoms with E-state index in [1.807, 2.05) is 0 Å². The van der Waals surface area contributed by atoms with Crippen LogP contribution >= 0.6 is 0 Å². The molecule has 0 heterocycles. The molecule has 0 aliphatic heterocycles. The summed E-state index contributed by atoms with van der Waals surface area (Å²) in [6.07, 6.45) is 2.55. The molecule has 0 aromatic carbocycles. The van der Waals surface area contributed by atoms with Crippen molar-refractivity contribution in [1.82, 2.24) is 0 Å². The molecule has 2 heteroatoms. The summed E-state index contributed by atoms with van der Waals surface area (Å²) in [5.41, 5.74) is 0. The second kappa shape index (κ2) is 5.17. The van der Waals surface area contributed by atoms with Crippen LogP contribution in [0.3, 0.4) is 0 Å². The molecule has 1 unspecified atom stereocenters. The Morgan fingerprint density at radius 3 is 2.62 bits per heavy atom. The van der Waals surface area contributed by atoms with E-state index >= 15 is 0 Å². The van der Waals surface area contributed by atoms with Gasteiger partial charge in [0.15, 0.2) is 0 Å². The predicted octanol–water partition coefficient (Wildman–Crippen LogP) is 0.987. The van der Waals surface area contributed by atoms with Crippen molar-refractivity contribution in [2.24, 2.45) is 5.92 Å². The van der Waals surface area contributed by atoms with Gasteiger partial charge in [-0.1, -0.05) is 20.3 Å². The Morgan fingerprint density at radius 1 is 1.62 bits per heavy atom. The highest BCUT2D eigenvalue weighted by molar-refractivity contribution is 5.97. The number of hydrogen-bond acceptors (Lipinski definition) is 1. The van der Waals surface area contributed by atoms with Gasteiger partial charge in [0.1, 0.15) is 0 Å². The second-order valence-electron chi connectivity index (χ2n) is 2.35. The van der Waals surface area contributed by atoms with E-state index in [0.717, 1.165) is 12.5 Å². The van der Waals surface area contributed by atoms with Gasteiger partial charge in [-0.25, -0.2) is 0 Å². The fourth-order valence-electron chi connectivity index (χ4n) is 0.861. The lowest BCUT2D eigenvalue weighted by atomic mass is 10.1. The molecule has 0 saturated carbocycles. The minimum Gasteiger partial charge on any atom is -0.444 e. The van der Waals surface area contributed by atoms with E-state index in [-0.39, 0.29) is 0 Å². The molecular weight excluding hydrogens is 98.9 g/mol. The van der Waals surface area contributed by atoms with Crippen LogP contribution in [0.4, 0.5) is 0 Å². The monoisotopic (exact) mass is 114 g/mol. The molecule has 0 spiro atoms. The molecule has 0 fully saturated rings. The first kappa shape index (κ1) is 8.02. The molecule has 0 aliphatic rings. The Kier molecular flexibility index (Phi) is 5.18. The molecule has 8 heavy (non-hydrogen) atoms. The van der Waals surface area contributed by atoms with Gasteiger partial charge in [0, 0.05) is 6.61 Å². The second-order valence-corrected chi connectivity index (χ2v) is 2.35. The summed E-state index contributed by atoms with van der Waals surface area (Å²) in [6.45, 7) is 5.33. The predicted molar refractivity (Wildman–Crippen MR) is 38.6 cm³/mol. The smallest absolute Gasteiger partial charge is 0.257 e. The van der Waals surface area contributed by atoms with E-state index in [0.29, 0.717) is 0 Å². The lowest BCUT2D eigenvalue weighted by Crippen LogP contribution is -2.02. The van der Waals surface area contributed by atoms with Crippen LogP contribution in [0.5, 0.6) is 0 Å². The Bertz CT molecular complexity index is 41.8. The molecular formula is C6H15BO. The van der Waals surface area contributed by atoms with Crippen molar-refractivity contribution in [1.29, 1.82) is 0 Å². The Morgan fingerprint density at radius 2 is 2.25 bits per heavy atom. The first-order valence-corrected chi connectivity index (χ1v) is 3.30. The maximum atomic E-state index is 4.96. The van der Waals surface area contributed by atoms with Crippen molar-refractivity contribution < 1.29 is 4.65 Å². The Labute approximate surface area is 52.9 Å². The van der Waals surface area contributed by atoms with E-state index in [9.17, 15) is 0 Å². The third kappa shape index (κ3) is 4.19. The van der Waals surface area contributed by atoms with Gasteiger partial charge in [0.25, 0.3) is 8.05 Å². The minimum absolute atomic E-state index is 0.741. The summed E-state index contributed by atoms with van der Waals surface area (Å²) in [7, 11) is 1.76. The van der Waals surface area contributed by atoms with Crippen LogP contribution in [0.25, 0.3) is 0 Å². The van der Waals surface area contributed by atoms with Gasteiger partial charge in [-0.2, -0.15) is 0 Å². The van der Waals surface area contributed by atoms with Crippen molar-refractivity contribution >= 4 is 8.05 Å². The van der Waals surface area contributed by atoms with Crippen LogP contribution in [0.2, 0.25) is 0 Å². The van der Waals surface area contributed by atoms with Crippen LogP contribution in [0.15, 0.2) is 0 Å². The van der Waals surface area contributed by atoms with Crippen LogP contribution in [0, 0.1) is 5.92 Å². The van der Waals surface area contributed by atoms with E-state index in [4.69, 9.17) is 4.65 Å². The van der Waals surface area contributed by atoms with Gasteiger partial charge in [-0.3, -0.25) is 0 Å². The third-order valence-corrected chi connectivity index (χ3v) is 1.23.